The Morgan fingerprint density at radius 2 is 1.84 bits per heavy atom. The highest BCUT2D eigenvalue weighted by Crippen LogP contribution is 2.61. The number of amides is 2. The molecule has 2 aromatic rings. The molecule has 1 aromatic heterocycles. The Morgan fingerprint density at radius 3 is 2.42 bits per heavy atom. The summed E-state index contributed by atoms with van der Waals surface area (Å²) in [6.07, 6.45) is 9.06. The highest BCUT2D eigenvalue weighted by atomic mass is 19.1. The number of aryl methyl sites for hydroxylation is 1. The highest BCUT2D eigenvalue weighted by molar-refractivity contribution is 5.84. The monoisotopic (exact) mass is 424 g/mol. The third-order valence-corrected chi connectivity index (χ3v) is 7.58. The van der Waals surface area contributed by atoms with E-state index in [-0.39, 0.29) is 23.2 Å². The summed E-state index contributed by atoms with van der Waals surface area (Å²) in [7, 11) is 1.89. The van der Waals surface area contributed by atoms with E-state index in [1.165, 1.54) is 12.1 Å². The van der Waals surface area contributed by atoms with Crippen molar-refractivity contribution in [2.45, 2.75) is 57.0 Å². The summed E-state index contributed by atoms with van der Waals surface area (Å²) < 4.78 is 15.4. The van der Waals surface area contributed by atoms with Crippen LogP contribution < -0.4 is 10.6 Å². The van der Waals surface area contributed by atoms with Gasteiger partial charge in [0.05, 0.1) is 5.41 Å². The number of carbonyl (C=O) groups excluding carboxylic acids is 2. The van der Waals surface area contributed by atoms with E-state index >= 15 is 0 Å². The van der Waals surface area contributed by atoms with Crippen LogP contribution in [0.1, 0.15) is 62.9 Å². The number of rotatable bonds is 5. The molecule has 1 heterocycles. The minimum atomic E-state index is -0.476. The Hall–Kier alpha value is -2.70. The lowest BCUT2D eigenvalue weighted by Gasteiger charge is -2.61. The second-order valence-corrected chi connectivity index (χ2v) is 10.1. The smallest absolute Gasteiger partial charge is 0.227 e. The van der Waals surface area contributed by atoms with Crippen molar-refractivity contribution in [3.63, 3.8) is 0 Å². The molecule has 2 N–H and O–H groups in total. The fourth-order valence-electron chi connectivity index (χ4n) is 6.94. The van der Waals surface area contributed by atoms with E-state index < -0.39 is 11.5 Å². The van der Waals surface area contributed by atoms with Gasteiger partial charge >= 0.3 is 0 Å². The number of benzene rings is 1. The van der Waals surface area contributed by atoms with E-state index in [4.69, 9.17) is 0 Å². The van der Waals surface area contributed by atoms with Crippen molar-refractivity contribution in [3.05, 3.63) is 53.9 Å². The first-order chi connectivity index (χ1) is 14.8. The zero-order valence-electron chi connectivity index (χ0n) is 18.0. The molecule has 0 spiro atoms. The van der Waals surface area contributed by atoms with Crippen LogP contribution in [0, 0.1) is 23.1 Å². The van der Waals surface area contributed by atoms with Crippen molar-refractivity contribution >= 4 is 11.8 Å². The zero-order valence-corrected chi connectivity index (χ0v) is 18.0. The highest BCUT2D eigenvalue weighted by Gasteiger charge is 2.61. The Morgan fingerprint density at radius 1 is 1.16 bits per heavy atom. The van der Waals surface area contributed by atoms with Crippen molar-refractivity contribution in [1.82, 2.24) is 20.2 Å². The predicted molar refractivity (Wildman–Crippen MR) is 113 cm³/mol. The number of nitrogens with one attached hydrogen (secondary N) is 2. The van der Waals surface area contributed by atoms with Gasteiger partial charge in [-0.1, -0.05) is 12.1 Å². The van der Waals surface area contributed by atoms with E-state index in [2.05, 4.69) is 15.6 Å². The Balaban J connectivity index is 1.46. The summed E-state index contributed by atoms with van der Waals surface area (Å²) in [5, 5.41) is 6.48. The summed E-state index contributed by atoms with van der Waals surface area (Å²) in [5.74, 6) is 1.34. The first-order valence-electron chi connectivity index (χ1n) is 11.1. The van der Waals surface area contributed by atoms with Gasteiger partial charge in [-0.2, -0.15) is 0 Å². The van der Waals surface area contributed by atoms with Crippen molar-refractivity contribution < 1.29 is 14.0 Å². The second-order valence-electron chi connectivity index (χ2n) is 10.1. The molecule has 7 heteroatoms. The van der Waals surface area contributed by atoms with Crippen LogP contribution in [-0.2, 0) is 16.6 Å². The molecule has 31 heavy (non-hydrogen) atoms. The van der Waals surface area contributed by atoms with Crippen LogP contribution in [0.4, 0.5) is 4.39 Å². The summed E-state index contributed by atoms with van der Waals surface area (Å²) in [6.45, 7) is 1.57. The molecule has 6 rings (SSSR count). The van der Waals surface area contributed by atoms with Crippen LogP contribution in [0.5, 0.6) is 0 Å². The molecular formula is C24H29FN4O2. The molecule has 4 saturated carbocycles. The van der Waals surface area contributed by atoms with Gasteiger partial charge in [-0.05, 0) is 68.1 Å². The van der Waals surface area contributed by atoms with Gasteiger partial charge in [-0.25, -0.2) is 9.37 Å². The lowest BCUT2D eigenvalue weighted by atomic mass is 9.46. The van der Waals surface area contributed by atoms with Gasteiger partial charge in [-0.15, -0.1) is 0 Å². The first-order valence-corrected chi connectivity index (χ1v) is 11.1. The Kier molecular flexibility index (Phi) is 4.68. The number of nitrogens with zero attached hydrogens (tertiary/aromatic N) is 2. The van der Waals surface area contributed by atoms with Crippen molar-refractivity contribution in [1.29, 1.82) is 0 Å². The van der Waals surface area contributed by atoms with E-state index in [0.717, 1.165) is 37.7 Å². The van der Waals surface area contributed by atoms with Crippen molar-refractivity contribution in [3.8, 4) is 0 Å². The Labute approximate surface area is 181 Å². The largest absolute Gasteiger partial charge is 0.351 e. The fourth-order valence-corrected chi connectivity index (χ4v) is 6.94. The quantitative estimate of drug-likeness (QED) is 0.774. The SMILES string of the molecule is CC(=O)NC12CC3CC(C1)CC(C(=O)NC(c1ccc(F)cc1)c1nccn1C)(C3)C2. The van der Waals surface area contributed by atoms with Gasteiger partial charge in [-0.3, -0.25) is 9.59 Å². The Bertz CT molecular complexity index is 1000. The molecule has 6 nitrogen and oxygen atoms in total. The molecule has 2 amide bonds. The van der Waals surface area contributed by atoms with Gasteiger partial charge in [0.2, 0.25) is 11.8 Å². The first kappa shape index (κ1) is 20.2. The lowest BCUT2D eigenvalue weighted by molar-refractivity contribution is -0.153. The van der Waals surface area contributed by atoms with Crippen molar-refractivity contribution in [2.24, 2.45) is 24.3 Å². The van der Waals surface area contributed by atoms with Gasteiger partial charge in [0.25, 0.3) is 0 Å². The van der Waals surface area contributed by atoms with E-state index in [1.54, 1.807) is 25.3 Å². The molecule has 4 aliphatic rings. The van der Waals surface area contributed by atoms with Crippen LogP contribution >= 0.6 is 0 Å². The molecule has 0 saturated heterocycles. The van der Waals surface area contributed by atoms with Gasteiger partial charge < -0.3 is 15.2 Å². The number of imidazole rings is 1. The fraction of sp³-hybridized carbons (Fsp3) is 0.542. The van der Waals surface area contributed by atoms with Gasteiger partial charge in [0.15, 0.2) is 0 Å². The molecule has 0 radical (unpaired) electrons. The number of hydrogen-bond acceptors (Lipinski definition) is 3. The van der Waals surface area contributed by atoms with E-state index in [1.807, 2.05) is 17.8 Å². The number of carbonyl (C=O) groups is 2. The summed E-state index contributed by atoms with van der Waals surface area (Å²) >= 11 is 0. The average Bonchev–Trinajstić information content (AvgIpc) is 3.10. The molecule has 164 valence electrons. The third-order valence-electron chi connectivity index (χ3n) is 7.58. The molecule has 3 unspecified atom stereocenters. The topological polar surface area (TPSA) is 76.0 Å². The van der Waals surface area contributed by atoms with E-state index in [0.29, 0.717) is 24.1 Å². The summed E-state index contributed by atoms with van der Waals surface area (Å²) in [5.41, 5.74) is 0.0584. The maximum Gasteiger partial charge on any atom is 0.227 e. The molecule has 4 fully saturated rings. The van der Waals surface area contributed by atoms with Crippen LogP contribution in [0.3, 0.4) is 0 Å². The average molecular weight is 425 g/mol. The minimum absolute atomic E-state index is 0.0188. The van der Waals surface area contributed by atoms with Crippen LogP contribution in [0.15, 0.2) is 36.7 Å². The summed E-state index contributed by atoms with van der Waals surface area (Å²) in [6, 6.07) is 5.76. The number of hydrogen-bond donors (Lipinski definition) is 2. The number of aromatic nitrogens is 2. The van der Waals surface area contributed by atoms with Crippen molar-refractivity contribution in [2.75, 3.05) is 0 Å². The van der Waals surface area contributed by atoms with Crippen LogP contribution in [0.25, 0.3) is 0 Å². The van der Waals surface area contributed by atoms with Gasteiger partial charge in [0, 0.05) is 31.9 Å². The third kappa shape index (κ3) is 3.54. The minimum Gasteiger partial charge on any atom is -0.351 e. The van der Waals surface area contributed by atoms with Crippen LogP contribution in [-0.4, -0.2) is 26.9 Å². The van der Waals surface area contributed by atoms with Crippen LogP contribution in [0.2, 0.25) is 0 Å². The standard InChI is InChI=1S/C24H29FN4O2/c1-15(30)28-24-12-16-9-17(13-24)11-23(10-16,14-24)22(31)27-20(21-26-7-8-29(21)2)18-3-5-19(25)6-4-18/h3-8,16-17,20H,9-14H2,1-2H3,(H,27,31)(H,28,30). The molecule has 4 aliphatic carbocycles. The summed E-state index contributed by atoms with van der Waals surface area (Å²) in [4.78, 5) is 30.2. The van der Waals surface area contributed by atoms with E-state index in [9.17, 15) is 14.0 Å². The maximum absolute atomic E-state index is 13.8. The zero-order chi connectivity index (χ0) is 21.8. The molecule has 0 aliphatic heterocycles. The maximum atomic E-state index is 13.8. The lowest BCUT2D eigenvalue weighted by Crippen LogP contribution is -2.65. The number of halogens is 1. The molecule has 4 bridgehead atoms. The second kappa shape index (κ2) is 7.18. The normalized spacial score (nSPS) is 32.0. The molecular weight excluding hydrogens is 395 g/mol. The van der Waals surface area contributed by atoms with Gasteiger partial charge in [0.1, 0.15) is 17.7 Å². The molecule has 1 aromatic carbocycles. The molecule has 3 atom stereocenters. The predicted octanol–water partition coefficient (Wildman–Crippen LogP) is 3.24.